The van der Waals surface area contributed by atoms with E-state index in [4.69, 9.17) is 5.26 Å². The molecule has 1 aliphatic carbocycles. The van der Waals surface area contributed by atoms with E-state index in [9.17, 15) is 0 Å². The van der Waals surface area contributed by atoms with Crippen molar-refractivity contribution in [2.75, 3.05) is 0 Å². The van der Waals surface area contributed by atoms with Crippen molar-refractivity contribution in [2.45, 2.75) is 51.6 Å². The first-order valence-corrected chi connectivity index (χ1v) is 7.33. The molecule has 17 heavy (non-hydrogen) atoms. The fraction of sp³-hybridized carbons (Fsp3) is 0.643. The molecule has 0 bridgehead atoms. The van der Waals surface area contributed by atoms with Crippen LogP contribution in [0.5, 0.6) is 0 Å². The van der Waals surface area contributed by atoms with Crippen LogP contribution in [0.15, 0.2) is 12.1 Å². The van der Waals surface area contributed by atoms with Crippen molar-refractivity contribution in [3.8, 4) is 6.07 Å². The number of nitrogens with zero attached hydrogens (tertiary/aromatic N) is 1. The summed E-state index contributed by atoms with van der Waals surface area (Å²) in [5.41, 5.74) is 0. The molecule has 1 atom stereocenters. The van der Waals surface area contributed by atoms with Crippen LogP contribution in [0.4, 0.5) is 0 Å². The summed E-state index contributed by atoms with van der Waals surface area (Å²) >= 11 is 1.60. The molecule has 1 fully saturated rings. The Labute approximate surface area is 108 Å². The highest BCUT2D eigenvalue weighted by Gasteiger charge is 2.19. The van der Waals surface area contributed by atoms with Crippen molar-refractivity contribution < 1.29 is 0 Å². The van der Waals surface area contributed by atoms with Gasteiger partial charge in [-0.15, -0.1) is 11.3 Å². The van der Waals surface area contributed by atoms with Crippen molar-refractivity contribution in [1.29, 1.82) is 5.26 Å². The van der Waals surface area contributed by atoms with Crippen LogP contribution < -0.4 is 5.32 Å². The molecule has 0 unspecified atom stereocenters. The zero-order valence-electron chi connectivity index (χ0n) is 10.4. The van der Waals surface area contributed by atoms with Gasteiger partial charge in [0.1, 0.15) is 10.9 Å². The highest BCUT2D eigenvalue weighted by molar-refractivity contribution is 7.12. The molecule has 92 valence electrons. The molecule has 2 nitrogen and oxygen atoms in total. The largest absolute Gasteiger partial charge is 0.309 e. The van der Waals surface area contributed by atoms with Crippen LogP contribution in [0, 0.1) is 17.2 Å². The normalized spacial score (nSPS) is 18.8. The number of rotatable bonds is 4. The first kappa shape index (κ1) is 12.6. The zero-order valence-corrected chi connectivity index (χ0v) is 11.2. The van der Waals surface area contributed by atoms with Crippen LogP contribution in [-0.4, -0.2) is 6.04 Å². The topological polar surface area (TPSA) is 35.8 Å². The summed E-state index contributed by atoms with van der Waals surface area (Å²) in [5, 5.41) is 12.4. The minimum atomic E-state index is 0.600. The van der Waals surface area contributed by atoms with Gasteiger partial charge in [-0.05, 0) is 37.8 Å². The van der Waals surface area contributed by atoms with Gasteiger partial charge >= 0.3 is 0 Å². The van der Waals surface area contributed by atoms with Gasteiger partial charge < -0.3 is 5.32 Å². The van der Waals surface area contributed by atoms with Gasteiger partial charge in [0.15, 0.2) is 0 Å². The lowest BCUT2D eigenvalue weighted by Crippen LogP contribution is -2.33. The van der Waals surface area contributed by atoms with Crippen molar-refractivity contribution in [3.63, 3.8) is 0 Å². The third-order valence-corrected chi connectivity index (χ3v) is 4.72. The number of nitrogens with one attached hydrogen (secondary N) is 1. The Hall–Kier alpha value is -0.850. The predicted octanol–water partition coefficient (Wildman–Crippen LogP) is 3.68. The first-order valence-electron chi connectivity index (χ1n) is 6.52. The molecular formula is C14H20N2S. The number of thiophene rings is 1. The molecule has 1 N–H and O–H groups in total. The summed E-state index contributed by atoms with van der Waals surface area (Å²) in [5.74, 6) is 0.846. The van der Waals surface area contributed by atoms with Crippen LogP contribution in [0.2, 0.25) is 0 Å². The maximum absolute atomic E-state index is 8.77. The number of hydrogen-bond acceptors (Lipinski definition) is 3. The Kier molecular flexibility index (Phi) is 4.58. The Morgan fingerprint density at radius 3 is 2.82 bits per heavy atom. The van der Waals surface area contributed by atoms with Crippen molar-refractivity contribution >= 4 is 11.3 Å². The van der Waals surface area contributed by atoms with E-state index in [1.165, 1.54) is 37.0 Å². The van der Waals surface area contributed by atoms with Gasteiger partial charge in [-0.3, -0.25) is 0 Å². The fourth-order valence-corrected chi connectivity index (χ4v) is 3.35. The molecule has 1 aromatic rings. The van der Waals surface area contributed by atoms with Crippen molar-refractivity contribution in [2.24, 2.45) is 5.92 Å². The lowest BCUT2D eigenvalue weighted by molar-refractivity contribution is 0.281. The average molecular weight is 248 g/mol. The van der Waals surface area contributed by atoms with Crippen molar-refractivity contribution in [1.82, 2.24) is 5.32 Å². The summed E-state index contributed by atoms with van der Waals surface area (Å²) in [6, 6.07) is 6.76. The summed E-state index contributed by atoms with van der Waals surface area (Å²) < 4.78 is 0. The molecule has 1 aliphatic rings. The minimum Gasteiger partial charge on any atom is -0.309 e. The molecule has 0 saturated heterocycles. The number of hydrogen-bond donors (Lipinski definition) is 1. The van der Waals surface area contributed by atoms with Gasteiger partial charge in [0, 0.05) is 17.5 Å². The second-order valence-electron chi connectivity index (χ2n) is 4.95. The van der Waals surface area contributed by atoms with Crippen LogP contribution in [-0.2, 0) is 6.54 Å². The molecule has 1 aromatic heterocycles. The van der Waals surface area contributed by atoms with E-state index in [1.54, 1.807) is 11.3 Å². The summed E-state index contributed by atoms with van der Waals surface area (Å²) in [4.78, 5) is 2.08. The van der Waals surface area contributed by atoms with Gasteiger partial charge in [-0.25, -0.2) is 0 Å². The molecule has 0 amide bonds. The summed E-state index contributed by atoms with van der Waals surface area (Å²) in [6.07, 6.45) is 6.96. The highest BCUT2D eigenvalue weighted by Crippen LogP contribution is 2.26. The molecule has 0 aliphatic heterocycles. The van der Waals surface area contributed by atoms with E-state index < -0.39 is 0 Å². The van der Waals surface area contributed by atoms with Crippen molar-refractivity contribution in [3.05, 3.63) is 21.9 Å². The molecular weight excluding hydrogens is 228 g/mol. The SMILES string of the molecule is C[C@@H](NCc1ccc(C#N)s1)C1CCCCC1. The van der Waals surface area contributed by atoms with Gasteiger partial charge in [0.05, 0.1) is 0 Å². The maximum Gasteiger partial charge on any atom is 0.110 e. The molecule has 1 heterocycles. The molecule has 2 rings (SSSR count). The quantitative estimate of drug-likeness (QED) is 0.882. The molecule has 0 aromatic carbocycles. The smallest absolute Gasteiger partial charge is 0.110 e. The van der Waals surface area contributed by atoms with Crippen LogP contribution >= 0.6 is 11.3 Å². The zero-order chi connectivity index (χ0) is 12.1. The molecule has 3 heteroatoms. The van der Waals surface area contributed by atoms with Gasteiger partial charge in [0.2, 0.25) is 0 Å². The predicted molar refractivity (Wildman–Crippen MR) is 71.9 cm³/mol. The lowest BCUT2D eigenvalue weighted by Gasteiger charge is -2.28. The standard InChI is InChI=1S/C14H20N2S/c1-11(12-5-3-2-4-6-12)16-10-14-8-7-13(9-15)17-14/h7-8,11-12,16H,2-6,10H2,1H3/t11-/m1/s1. The fourth-order valence-electron chi connectivity index (χ4n) is 2.60. The molecule has 0 radical (unpaired) electrons. The Morgan fingerprint density at radius 1 is 1.41 bits per heavy atom. The van der Waals surface area contributed by atoms with E-state index in [2.05, 4.69) is 24.4 Å². The first-order chi connectivity index (χ1) is 8.29. The highest BCUT2D eigenvalue weighted by atomic mass is 32.1. The van der Waals surface area contributed by atoms with Crippen LogP contribution in [0.1, 0.15) is 48.8 Å². The monoisotopic (exact) mass is 248 g/mol. The Morgan fingerprint density at radius 2 is 2.18 bits per heavy atom. The second kappa shape index (κ2) is 6.18. The third kappa shape index (κ3) is 3.55. The van der Waals surface area contributed by atoms with Crippen LogP contribution in [0.3, 0.4) is 0 Å². The van der Waals surface area contributed by atoms with Gasteiger partial charge in [-0.1, -0.05) is 19.3 Å². The van der Waals surface area contributed by atoms with E-state index in [-0.39, 0.29) is 0 Å². The van der Waals surface area contributed by atoms with Gasteiger partial charge in [0.25, 0.3) is 0 Å². The van der Waals surface area contributed by atoms with E-state index in [0.29, 0.717) is 6.04 Å². The van der Waals surface area contributed by atoms with E-state index >= 15 is 0 Å². The Bertz CT molecular complexity index is 385. The Balaban J connectivity index is 1.79. The molecule has 0 spiro atoms. The number of nitriles is 1. The average Bonchev–Trinajstić information content (AvgIpc) is 2.85. The maximum atomic E-state index is 8.77. The lowest BCUT2D eigenvalue weighted by atomic mass is 9.84. The van der Waals surface area contributed by atoms with E-state index in [0.717, 1.165) is 17.3 Å². The van der Waals surface area contributed by atoms with Gasteiger partial charge in [-0.2, -0.15) is 5.26 Å². The third-order valence-electron chi connectivity index (χ3n) is 3.73. The minimum absolute atomic E-state index is 0.600. The summed E-state index contributed by atoms with van der Waals surface area (Å²) in [6.45, 7) is 3.21. The van der Waals surface area contributed by atoms with Crippen LogP contribution in [0.25, 0.3) is 0 Å². The van der Waals surface area contributed by atoms with E-state index in [1.807, 2.05) is 6.07 Å². The second-order valence-corrected chi connectivity index (χ2v) is 6.11. The molecule has 1 saturated carbocycles. The summed E-state index contributed by atoms with van der Waals surface area (Å²) in [7, 11) is 0.